The fourth-order valence-electron chi connectivity index (χ4n) is 0.290. The molecule has 0 heterocycles. The highest BCUT2D eigenvalue weighted by Crippen LogP contribution is 2.20. The van der Waals surface area contributed by atoms with E-state index in [1.165, 1.54) is 6.42 Å². The van der Waals surface area contributed by atoms with Crippen LogP contribution in [0.25, 0.3) is 0 Å². The minimum atomic E-state index is 0.883. The molecule has 0 N–H and O–H groups in total. The minimum Gasteiger partial charge on any atom is -0.132 e. The van der Waals surface area contributed by atoms with Crippen LogP contribution in [0.1, 0.15) is 13.3 Å². The van der Waals surface area contributed by atoms with Crippen molar-refractivity contribution < 1.29 is 0 Å². The Kier molecular flexibility index (Phi) is 7.40. The van der Waals surface area contributed by atoms with Gasteiger partial charge < -0.3 is 0 Å². The molecule has 0 radical (unpaired) electrons. The van der Waals surface area contributed by atoms with E-state index in [1.54, 1.807) is 23.5 Å². The van der Waals surface area contributed by atoms with Crippen molar-refractivity contribution in [3.8, 4) is 0 Å². The van der Waals surface area contributed by atoms with Crippen LogP contribution < -0.4 is 0 Å². The van der Waals surface area contributed by atoms with Gasteiger partial charge in [0.05, 0.1) is 4.36 Å². The molecule has 0 aliphatic rings. The number of hydrogen-bond donors (Lipinski definition) is 0. The molecular formula is C6H11ClS2. The van der Waals surface area contributed by atoms with Gasteiger partial charge in [0.25, 0.3) is 0 Å². The lowest BCUT2D eigenvalue weighted by Gasteiger charge is -1.90. The molecule has 0 aliphatic heterocycles. The van der Waals surface area contributed by atoms with Crippen LogP contribution in [0.15, 0.2) is 9.77 Å². The second-order valence-electron chi connectivity index (χ2n) is 1.50. The molecule has 0 rings (SSSR count). The van der Waals surface area contributed by atoms with Crippen molar-refractivity contribution in [2.75, 3.05) is 12.0 Å². The second-order valence-corrected chi connectivity index (χ2v) is 3.95. The fourth-order valence-corrected chi connectivity index (χ4v) is 1.55. The normalized spacial score (nSPS) is 12.1. The van der Waals surface area contributed by atoms with Crippen LogP contribution >= 0.6 is 35.1 Å². The van der Waals surface area contributed by atoms with Crippen LogP contribution in [0.5, 0.6) is 0 Å². The Labute approximate surface area is 70.4 Å². The van der Waals surface area contributed by atoms with Crippen LogP contribution in [0.3, 0.4) is 0 Å². The van der Waals surface area contributed by atoms with Gasteiger partial charge in [-0.05, 0) is 23.8 Å². The average molecular weight is 183 g/mol. The maximum Gasteiger partial charge on any atom is 0.0795 e. The summed E-state index contributed by atoms with van der Waals surface area (Å²) in [6, 6.07) is 0. The molecule has 0 saturated heterocycles. The standard InChI is InChI=1S/C6H11ClS2/c1-3-4-9-5-6(7)8-2/h5H,3-4H2,1-2H3/b6-5-. The number of rotatable bonds is 4. The third kappa shape index (κ3) is 6.62. The van der Waals surface area contributed by atoms with Gasteiger partial charge in [-0.15, -0.1) is 23.5 Å². The number of hydrogen-bond acceptors (Lipinski definition) is 2. The largest absolute Gasteiger partial charge is 0.132 e. The quantitative estimate of drug-likeness (QED) is 0.611. The first-order chi connectivity index (χ1) is 4.31. The van der Waals surface area contributed by atoms with Crippen molar-refractivity contribution in [2.24, 2.45) is 0 Å². The molecule has 0 atom stereocenters. The van der Waals surface area contributed by atoms with E-state index in [-0.39, 0.29) is 0 Å². The highest BCUT2D eigenvalue weighted by molar-refractivity contribution is 8.06. The minimum absolute atomic E-state index is 0.883. The van der Waals surface area contributed by atoms with Crippen molar-refractivity contribution in [3.05, 3.63) is 9.77 Å². The van der Waals surface area contributed by atoms with Crippen molar-refractivity contribution in [1.29, 1.82) is 0 Å². The summed E-state index contributed by atoms with van der Waals surface area (Å²) >= 11 is 9.06. The number of halogens is 1. The zero-order valence-corrected chi connectivity index (χ0v) is 8.07. The van der Waals surface area contributed by atoms with E-state index in [9.17, 15) is 0 Å². The summed E-state index contributed by atoms with van der Waals surface area (Å²) in [6.45, 7) is 2.16. The summed E-state index contributed by atoms with van der Waals surface area (Å²) in [4.78, 5) is 0. The molecule has 0 aromatic heterocycles. The van der Waals surface area contributed by atoms with Gasteiger partial charge in [0.1, 0.15) is 0 Å². The van der Waals surface area contributed by atoms with Gasteiger partial charge in [0.15, 0.2) is 0 Å². The smallest absolute Gasteiger partial charge is 0.0795 e. The molecule has 0 aliphatic carbocycles. The second kappa shape index (κ2) is 6.84. The lowest BCUT2D eigenvalue weighted by Crippen LogP contribution is -1.67. The van der Waals surface area contributed by atoms with E-state index in [4.69, 9.17) is 11.6 Å². The Bertz CT molecular complexity index is 91.1. The maximum atomic E-state index is 5.70. The molecule has 0 aromatic rings. The van der Waals surface area contributed by atoms with Gasteiger partial charge in [-0.2, -0.15) is 0 Å². The lowest BCUT2D eigenvalue weighted by atomic mass is 10.6. The Morgan fingerprint density at radius 1 is 1.67 bits per heavy atom. The lowest BCUT2D eigenvalue weighted by molar-refractivity contribution is 1.11. The molecule has 0 saturated carbocycles. The fraction of sp³-hybridized carbons (Fsp3) is 0.667. The van der Waals surface area contributed by atoms with Gasteiger partial charge in [-0.1, -0.05) is 18.5 Å². The first-order valence-corrected chi connectivity index (χ1v) is 5.47. The highest BCUT2D eigenvalue weighted by atomic mass is 35.5. The average Bonchev–Trinajstić information content (AvgIpc) is 1.89. The topological polar surface area (TPSA) is 0 Å². The molecule has 54 valence electrons. The van der Waals surface area contributed by atoms with E-state index in [2.05, 4.69) is 6.92 Å². The van der Waals surface area contributed by atoms with E-state index < -0.39 is 0 Å². The molecule has 0 aromatic carbocycles. The van der Waals surface area contributed by atoms with E-state index in [0.717, 1.165) is 10.1 Å². The first kappa shape index (κ1) is 9.73. The first-order valence-electron chi connectivity index (χ1n) is 2.82. The monoisotopic (exact) mass is 182 g/mol. The summed E-state index contributed by atoms with van der Waals surface area (Å²) in [5, 5.41) is 2.00. The SMILES string of the molecule is CCCS/C=C(/Cl)SC. The predicted molar refractivity (Wildman–Crippen MR) is 50.2 cm³/mol. The highest BCUT2D eigenvalue weighted by Gasteiger charge is 1.85. The van der Waals surface area contributed by atoms with Gasteiger partial charge >= 0.3 is 0 Å². The number of thioether (sulfide) groups is 2. The van der Waals surface area contributed by atoms with Crippen molar-refractivity contribution in [1.82, 2.24) is 0 Å². The molecule has 0 nitrogen and oxygen atoms in total. The van der Waals surface area contributed by atoms with Crippen molar-refractivity contribution in [3.63, 3.8) is 0 Å². The summed E-state index contributed by atoms with van der Waals surface area (Å²) < 4.78 is 0.883. The summed E-state index contributed by atoms with van der Waals surface area (Å²) in [5.74, 6) is 1.16. The van der Waals surface area contributed by atoms with E-state index in [1.807, 2.05) is 11.7 Å². The van der Waals surface area contributed by atoms with Crippen LogP contribution in [-0.4, -0.2) is 12.0 Å². The molecule has 0 spiro atoms. The van der Waals surface area contributed by atoms with Crippen LogP contribution in [0, 0.1) is 0 Å². The third-order valence-corrected chi connectivity index (χ3v) is 3.10. The summed E-state index contributed by atoms with van der Waals surface area (Å²) in [7, 11) is 0. The molecular weight excluding hydrogens is 172 g/mol. The maximum absolute atomic E-state index is 5.70. The predicted octanol–water partition coefficient (Wildman–Crippen LogP) is 3.53. The van der Waals surface area contributed by atoms with Gasteiger partial charge in [-0.3, -0.25) is 0 Å². The van der Waals surface area contributed by atoms with Gasteiger partial charge in [0, 0.05) is 0 Å². The van der Waals surface area contributed by atoms with Crippen molar-refractivity contribution >= 4 is 35.1 Å². The molecule has 0 amide bonds. The zero-order chi connectivity index (χ0) is 7.11. The van der Waals surface area contributed by atoms with Crippen LogP contribution in [0.4, 0.5) is 0 Å². The van der Waals surface area contributed by atoms with Crippen LogP contribution in [0.2, 0.25) is 0 Å². The molecule has 0 unspecified atom stereocenters. The van der Waals surface area contributed by atoms with Gasteiger partial charge in [0.2, 0.25) is 0 Å². The Morgan fingerprint density at radius 3 is 2.78 bits per heavy atom. The molecule has 0 fully saturated rings. The third-order valence-electron chi connectivity index (χ3n) is 0.693. The summed E-state index contributed by atoms with van der Waals surface area (Å²) in [6.07, 6.45) is 3.19. The Balaban J connectivity index is 3.21. The van der Waals surface area contributed by atoms with Crippen LogP contribution in [-0.2, 0) is 0 Å². The molecule has 9 heavy (non-hydrogen) atoms. The summed E-state index contributed by atoms with van der Waals surface area (Å²) in [5.41, 5.74) is 0. The van der Waals surface area contributed by atoms with E-state index >= 15 is 0 Å². The van der Waals surface area contributed by atoms with Crippen molar-refractivity contribution in [2.45, 2.75) is 13.3 Å². The van der Waals surface area contributed by atoms with E-state index in [0.29, 0.717) is 0 Å². The Morgan fingerprint density at radius 2 is 2.33 bits per heavy atom. The molecule has 0 bridgehead atoms. The van der Waals surface area contributed by atoms with Gasteiger partial charge in [-0.25, -0.2) is 0 Å². The zero-order valence-electron chi connectivity index (χ0n) is 5.69. The molecule has 3 heteroatoms. The Hall–Kier alpha value is 0.730.